The van der Waals surface area contributed by atoms with Crippen LogP contribution in [0.2, 0.25) is 0 Å². The highest BCUT2D eigenvalue weighted by Gasteiger charge is 2.24. The van der Waals surface area contributed by atoms with Crippen molar-refractivity contribution in [2.45, 2.75) is 6.54 Å². The SMILES string of the molecule is O=C(c1ccco1)c1coc2ccc(O)c(CN3CCN(c4ccccc4)CC3)c12. The van der Waals surface area contributed by atoms with Gasteiger partial charge in [0, 0.05) is 49.4 Å². The number of carbonyl (C=O) groups is 1. The van der Waals surface area contributed by atoms with Gasteiger partial charge in [0.1, 0.15) is 17.6 Å². The van der Waals surface area contributed by atoms with E-state index in [1.165, 1.54) is 18.2 Å². The highest BCUT2D eigenvalue weighted by atomic mass is 16.3. The summed E-state index contributed by atoms with van der Waals surface area (Å²) in [5.41, 5.74) is 2.93. The van der Waals surface area contributed by atoms with E-state index in [2.05, 4.69) is 34.1 Å². The first kappa shape index (κ1) is 18.5. The van der Waals surface area contributed by atoms with Crippen molar-refractivity contribution in [1.82, 2.24) is 4.90 Å². The molecule has 1 saturated heterocycles. The van der Waals surface area contributed by atoms with Crippen molar-refractivity contribution < 1.29 is 18.7 Å². The van der Waals surface area contributed by atoms with Crippen LogP contribution in [0.15, 0.2) is 76.0 Å². The van der Waals surface area contributed by atoms with E-state index in [0.29, 0.717) is 28.6 Å². The third-order valence-corrected chi connectivity index (χ3v) is 5.69. The summed E-state index contributed by atoms with van der Waals surface area (Å²) >= 11 is 0. The summed E-state index contributed by atoms with van der Waals surface area (Å²) in [6.07, 6.45) is 2.92. The monoisotopic (exact) mass is 402 g/mol. The summed E-state index contributed by atoms with van der Waals surface area (Å²) in [6.45, 7) is 4.09. The molecule has 4 aromatic rings. The lowest BCUT2D eigenvalue weighted by Gasteiger charge is -2.36. The van der Waals surface area contributed by atoms with Crippen LogP contribution in [-0.4, -0.2) is 42.0 Å². The minimum atomic E-state index is -0.250. The molecule has 0 amide bonds. The van der Waals surface area contributed by atoms with E-state index >= 15 is 0 Å². The van der Waals surface area contributed by atoms with Gasteiger partial charge in [-0.3, -0.25) is 9.69 Å². The van der Waals surface area contributed by atoms with Gasteiger partial charge in [0.2, 0.25) is 5.78 Å². The molecule has 0 radical (unpaired) electrons. The van der Waals surface area contributed by atoms with Crippen molar-refractivity contribution in [3.05, 3.63) is 84.0 Å². The molecule has 152 valence electrons. The van der Waals surface area contributed by atoms with Crippen LogP contribution in [0, 0.1) is 0 Å². The molecule has 30 heavy (non-hydrogen) atoms. The van der Waals surface area contributed by atoms with E-state index in [1.54, 1.807) is 24.3 Å². The number of fused-ring (bicyclic) bond motifs is 1. The fourth-order valence-electron chi connectivity index (χ4n) is 4.08. The van der Waals surface area contributed by atoms with E-state index < -0.39 is 0 Å². The van der Waals surface area contributed by atoms with Crippen molar-refractivity contribution in [2.24, 2.45) is 0 Å². The minimum absolute atomic E-state index is 0.169. The second-order valence-electron chi connectivity index (χ2n) is 7.49. The lowest BCUT2D eigenvalue weighted by Crippen LogP contribution is -2.46. The van der Waals surface area contributed by atoms with Gasteiger partial charge >= 0.3 is 0 Å². The third kappa shape index (κ3) is 3.35. The lowest BCUT2D eigenvalue weighted by atomic mass is 10.0. The number of rotatable bonds is 5. The van der Waals surface area contributed by atoms with Crippen molar-refractivity contribution in [1.29, 1.82) is 0 Å². The zero-order valence-electron chi connectivity index (χ0n) is 16.5. The number of phenols is 1. The predicted molar refractivity (Wildman–Crippen MR) is 114 cm³/mol. The number of furan rings is 2. The summed E-state index contributed by atoms with van der Waals surface area (Å²) < 4.78 is 10.9. The number of nitrogens with zero attached hydrogens (tertiary/aromatic N) is 2. The van der Waals surface area contributed by atoms with Crippen LogP contribution in [0.5, 0.6) is 5.75 Å². The highest BCUT2D eigenvalue weighted by molar-refractivity contribution is 6.15. The molecule has 2 aromatic heterocycles. The van der Waals surface area contributed by atoms with Crippen molar-refractivity contribution in [3.63, 3.8) is 0 Å². The van der Waals surface area contributed by atoms with E-state index in [4.69, 9.17) is 8.83 Å². The molecule has 6 nitrogen and oxygen atoms in total. The number of piperazine rings is 1. The standard InChI is InChI=1S/C24H22N2O4/c27-20-8-9-21-23(19(16-30-21)24(28)22-7-4-14-29-22)18(20)15-25-10-12-26(13-11-25)17-5-2-1-3-6-17/h1-9,14,16,27H,10-13,15H2. The second kappa shape index (κ2) is 7.72. The number of aromatic hydroxyl groups is 1. The van der Waals surface area contributed by atoms with Gasteiger partial charge in [-0.25, -0.2) is 0 Å². The van der Waals surface area contributed by atoms with Crippen molar-refractivity contribution in [3.8, 4) is 5.75 Å². The Balaban J connectivity index is 1.40. The molecule has 3 heterocycles. The number of anilines is 1. The van der Waals surface area contributed by atoms with Crippen LogP contribution in [0.25, 0.3) is 11.0 Å². The fourth-order valence-corrected chi connectivity index (χ4v) is 4.08. The zero-order chi connectivity index (χ0) is 20.5. The van der Waals surface area contributed by atoms with Crippen LogP contribution in [0.4, 0.5) is 5.69 Å². The number of ketones is 1. The maximum absolute atomic E-state index is 12.9. The van der Waals surface area contributed by atoms with E-state index in [9.17, 15) is 9.90 Å². The molecular weight excluding hydrogens is 380 g/mol. The Morgan fingerprint density at radius 1 is 0.933 bits per heavy atom. The van der Waals surface area contributed by atoms with Gasteiger partial charge in [0.15, 0.2) is 5.76 Å². The van der Waals surface area contributed by atoms with Gasteiger partial charge in [0.05, 0.1) is 11.8 Å². The Hall–Kier alpha value is -3.51. The molecule has 1 aliphatic rings. The first-order valence-corrected chi connectivity index (χ1v) is 10.0. The quantitative estimate of drug-likeness (QED) is 0.503. The molecule has 0 saturated carbocycles. The van der Waals surface area contributed by atoms with Crippen LogP contribution in [0.1, 0.15) is 21.7 Å². The van der Waals surface area contributed by atoms with E-state index in [0.717, 1.165) is 26.2 Å². The largest absolute Gasteiger partial charge is 0.508 e. The lowest BCUT2D eigenvalue weighted by molar-refractivity contribution is 0.101. The number of phenolic OH excluding ortho intramolecular Hbond substituents is 1. The molecule has 0 atom stereocenters. The average molecular weight is 402 g/mol. The minimum Gasteiger partial charge on any atom is -0.508 e. The molecular formula is C24H22N2O4. The molecule has 0 spiro atoms. The highest BCUT2D eigenvalue weighted by Crippen LogP contribution is 2.34. The van der Waals surface area contributed by atoms with Gasteiger partial charge in [-0.1, -0.05) is 18.2 Å². The number of hydrogen-bond donors (Lipinski definition) is 1. The van der Waals surface area contributed by atoms with Crippen LogP contribution >= 0.6 is 0 Å². The van der Waals surface area contributed by atoms with Crippen LogP contribution < -0.4 is 4.90 Å². The van der Waals surface area contributed by atoms with Crippen LogP contribution in [0.3, 0.4) is 0 Å². The Kier molecular flexibility index (Phi) is 4.77. The maximum atomic E-state index is 12.9. The molecule has 0 unspecified atom stereocenters. The molecule has 0 aliphatic carbocycles. The molecule has 0 bridgehead atoms. The summed E-state index contributed by atoms with van der Waals surface area (Å²) in [6, 6.07) is 17.0. The molecule has 2 aromatic carbocycles. The molecule has 1 aliphatic heterocycles. The second-order valence-corrected chi connectivity index (χ2v) is 7.49. The first-order chi connectivity index (χ1) is 14.7. The number of hydrogen-bond acceptors (Lipinski definition) is 6. The summed E-state index contributed by atoms with van der Waals surface area (Å²) in [5.74, 6) is 0.172. The molecule has 5 rings (SSSR count). The molecule has 1 N–H and O–H groups in total. The van der Waals surface area contributed by atoms with Gasteiger partial charge < -0.3 is 18.8 Å². The average Bonchev–Trinajstić information content (AvgIpc) is 3.47. The third-order valence-electron chi connectivity index (χ3n) is 5.69. The predicted octanol–water partition coefficient (Wildman–Crippen LogP) is 4.28. The van der Waals surface area contributed by atoms with Crippen molar-refractivity contribution in [2.75, 3.05) is 31.1 Å². The van der Waals surface area contributed by atoms with Gasteiger partial charge in [-0.15, -0.1) is 0 Å². The Morgan fingerprint density at radius 3 is 2.47 bits per heavy atom. The topological polar surface area (TPSA) is 70.1 Å². The summed E-state index contributed by atoms with van der Waals surface area (Å²) in [7, 11) is 0. The summed E-state index contributed by atoms with van der Waals surface area (Å²) in [5, 5.41) is 11.3. The summed E-state index contributed by atoms with van der Waals surface area (Å²) in [4.78, 5) is 17.5. The first-order valence-electron chi connectivity index (χ1n) is 10.0. The smallest absolute Gasteiger partial charge is 0.232 e. The van der Waals surface area contributed by atoms with Crippen LogP contribution in [-0.2, 0) is 6.54 Å². The molecule has 1 fully saturated rings. The Labute approximate surface area is 173 Å². The van der Waals surface area contributed by atoms with Gasteiger partial charge in [0.25, 0.3) is 0 Å². The Morgan fingerprint density at radius 2 is 1.73 bits per heavy atom. The number of benzene rings is 2. The Bertz CT molecular complexity index is 1160. The fraction of sp³-hybridized carbons (Fsp3) is 0.208. The normalized spacial score (nSPS) is 15.0. The maximum Gasteiger partial charge on any atom is 0.232 e. The van der Waals surface area contributed by atoms with E-state index in [1.807, 2.05) is 6.07 Å². The zero-order valence-corrected chi connectivity index (χ0v) is 16.5. The number of para-hydroxylation sites is 1. The van der Waals surface area contributed by atoms with Gasteiger partial charge in [-0.2, -0.15) is 0 Å². The van der Waals surface area contributed by atoms with Gasteiger partial charge in [-0.05, 0) is 36.4 Å². The molecule has 6 heteroatoms. The number of carbonyl (C=O) groups excluding carboxylic acids is 1. The van der Waals surface area contributed by atoms with E-state index in [-0.39, 0.29) is 17.3 Å². The van der Waals surface area contributed by atoms with Crippen molar-refractivity contribution >= 4 is 22.4 Å².